The molecule has 30 heavy (non-hydrogen) atoms. The maximum atomic E-state index is 13.6. The zero-order valence-electron chi connectivity index (χ0n) is 16.9. The molecular formula is C25H24BrFN2O. The predicted molar refractivity (Wildman–Crippen MR) is 119 cm³/mol. The van der Waals surface area contributed by atoms with E-state index in [-0.39, 0.29) is 23.2 Å². The molecule has 1 saturated carbocycles. The number of hydrogen-bond donors (Lipinski definition) is 0. The third-order valence-electron chi connectivity index (χ3n) is 5.87. The third kappa shape index (κ3) is 4.46. The van der Waals surface area contributed by atoms with Gasteiger partial charge in [0.05, 0.1) is 17.8 Å². The molecule has 2 aromatic carbocycles. The molecule has 0 unspecified atom stereocenters. The largest absolute Gasteiger partial charge is 0.327 e. The number of hydrogen-bond acceptors (Lipinski definition) is 2. The van der Waals surface area contributed by atoms with Crippen LogP contribution in [0, 0.1) is 5.82 Å². The second kappa shape index (κ2) is 8.68. The molecule has 0 spiro atoms. The van der Waals surface area contributed by atoms with Gasteiger partial charge in [0.25, 0.3) is 0 Å². The Balaban J connectivity index is 1.62. The Kier molecular flexibility index (Phi) is 6.00. The van der Waals surface area contributed by atoms with Crippen molar-refractivity contribution < 1.29 is 9.18 Å². The van der Waals surface area contributed by atoms with Gasteiger partial charge in [-0.1, -0.05) is 53.2 Å². The Morgan fingerprint density at radius 2 is 1.90 bits per heavy atom. The average molecular weight is 467 g/mol. The number of pyridine rings is 1. The standard InChI is InChI=1S/C25H24BrFN2O/c1-18(19-8-10-22(27)11-9-19)15-24(30)29(17-23-7-2-3-14-28-23)25(12-13-25)20-5-4-6-21(26)16-20/h2-11,14,16,18H,12-13,15,17H2,1H3/t18-/m0/s1. The number of aromatic nitrogens is 1. The van der Waals surface area contributed by atoms with E-state index >= 15 is 0 Å². The van der Waals surface area contributed by atoms with E-state index in [4.69, 9.17) is 0 Å². The highest BCUT2D eigenvalue weighted by Gasteiger charge is 2.51. The Hall–Kier alpha value is -2.53. The van der Waals surface area contributed by atoms with Crippen molar-refractivity contribution in [2.45, 2.75) is 44.2 Å². The number of halogens is 2. The SMILES string of the molecule is C[C@@H](CC(=O)N(Cc1ccccn1)C1(c2cccc(Br)c2)CC1)c1ccc(F)cc1. The number of carbonyl (C=O) groups excluding carboxylic acids is 1. The van der Waals surface area contributed by atoms with Gasteiger partial charge in [0.15, 0.2) is 0 Å². The summed E-state index contributed by atoms with van der Waals surface area (Å²) in [6.07, 6.45) is 4.01. The summed E-state index contributed by atoms with van der Waals surface area (Å²) in [5.41, 5.74) is 2.70. The van der Waals surface area contributed by atoms with Crippen LogP contribution in [0.25, 0.3) is 0 Å². The number of rotatable bonds is 7. The lowest BCUT2D eigenvalue weighted by Gasteiger charge is -2.33. The van der Waals surface area contributed by atoms with E-state index in [0.717, 1.165) is 34.1 Å². The molecule has 1 aliphatic carbocycles. The Morgan fingerprint density at radius 3 is 2.53 bits per heavy atom. The van der Waals surface area contributed by atoms with Crippen molar-refractivity contribution in [1.29, 1.82) is 0 Å². The topological polar surface area (TPSA) is 33.2 Å². The van der Waals surface area contributed by atoms with Gasteiger partial charge in [-0.05, 0) is 66.3 Å². The fourth-order valence-corrected chi connectivity index (χ4v) is 4.42. The first-order chi connectivity index (χ1) is 14.5. The molecule has 0 aliphatic heterocycles. The van der Waals surface area contributed by atoms with Crippen LogP contribution in [0.3, 0.4) is 0 Å². The fraction of sp³-hybridized carbons (Fsp3) is 0.280. The van der Waals surface area contributed by atoms with Crippen molar-refractivity contribution >= 4 is 21.8 Å². The maximum Gasteiger partial charge on any atom is 0.224 e. The van der Waals surface area contributed by atoms with Crippen LogP contribution in [-0.2, 0) is 16.9 Å². The maximum absolute atomic E-state index is 13.6. The summed E-state index contributed by atoms with van der Waals surface area (Å²) in [6, 6.07) is 20.4. The van der Waals surface area contributed by atoms with Crippen molar-refractivity contribution in [3.63, 3.8) is 0 Å². The van der Waals surface area contributed by atoms with Crippen LogP contribution < -0.4 is 0 Å². The molecule has 5 heteroatoms. The Bertz CT molecular complexity index is 1020. The Labute approximate surface area is 185 Å². The van der Waals surface area contributed by atoms with Gasteiger partial charge in [0.2, 0.25) is 5.91 Å². The minimum atomic E-state index is -0.291. The van der Waals surface area contributed by atoms with Crippen molar-refractivity contribution in [3.05, 3.63) is 100 Å². The first kappa shape index (κ1) is 20.7. The van der Waals surface area contributed by atoms with E-state index < -0.39 is 0 Å². The lowest BCUT2D eigenvalue weighted by Crippen LogP contribution is -2.40. The highest BCUT2D eigenvalue weighted by atomic mass is 79.9. The van der Waals surface area contributed by atoms with E-state index in [1.54, 1.807) is 18.3 Å². The summed E-state index contributed by atoms with van der Waals surface area (Å²) in [5.74, 6) is -0.168. The average Bonchev–Trinajstić information content (AvgIpc) is 3.55. The summed E-state index contributed by atoms with van der Waals surface area (Å²) in [5, 5.41) is 0. The van der Waals surface area contributed by atoms with Gasteiger partial charge in [-0.25, -0.2) is 4.39 Å². The molecule has 1 aromatic heterocycles. The smallest absolute Gasteiger partial charge is 0.224 e. The lowest BCUT2D eigenvalue weighted by atomic mass is 9.95. The highest BCUT2D eigenvalue weighted by Crippen LogP contribution is 2.52. The Morgan fingerprint density at radius 1 is 1.13 bits per heavy atom. The molecule has 1 aliphatic rings. The van der Waals surface area contributed by atoms with Crippen LogP contribution in [0.15, 0.2) is 77.4 Å². The van der Waals surface area contributed by atoms with Crippen LogP contribution in [0.1, 0.15) is 48.9 Å². The molecule has 3 aromatic rings. The summed E-state index contributed by atoms with van der Waals surface area (Å²) in [6.45, 7) is 2.49. The van der Waals surface area contributed by atoms with E-state index in [2.05, 4.69) is 33.0 Å². The van der Waals surface area contributed by atoms with Crippen molar-refractivity contribution in [3.8, 4) is 0 Å². The zero-order chi connectivity index (χ0) is 21.1. The molecule has 1 atom stereocenters. The van der Waals surface area contributed by atoms with Gasteiger partial charge < -0.3 is 4.90 Å². The van der Waals surface area contributed by atoms with Gasteiger partial charge in [0, 0.05) is 17.1 Å². The van der Waals surface area contributed by atoms with Crippen LogP contribution in [0.5, 0.6) is 0 Å². The van der Waals surface area contributed by atoms with Gasteiger partial charge in [0.1, 0.15) is 5.82 Å². The summed E-state index contributed by atoms with van der Waals surface area (Å²) in [4.78, 5) is 20.0. The third-order valence-corrected chi connectivity index (χ3v) is 6.36. The summed E-state index contributed by atoms with van der Waals surface area (Å²) in [7, 11) is 0. The molecule has 0 saturated heterocycles. The van der Waals surface area contributed by atoms with Crippen molar-refractivity contribution in [1.82, 2.24) is 9.88 Å². The molecule has 0 bridgehead atoms. The van der Waals surface area contributed by atoms with Gasteiger partial charge in [-0.3, -0.25) is 9.78 Å². The van der Waals surface area contributed by atoms with Crippen LogP contribution >= 0.6 is 15.9 Å². The van der Waals surface area contributed by atoms with Crippen LogP contribution in [0.2, 0.25) is 0 Å². The minimum Gasteiger partial charge on any atom is -0.327 e. The van der Waals surface area contributed by atoms with Gasteiger partial charge in [-0.15, -0.1) is 0 Å². The summed E-state index contributed by atoms with van der Waals surface area (Å²) < 4.78 is 14.3. The molecule has 154 valence electrons. The van der Waals surface area contributed by atoms with Gasteiger partial charge in [-0.2, -0.15) is 0 Å². The number of nitrogens with zero attached hydrogens (tertiary/aromatic N) is 2. The molecule has 1 heterocycles. The molecular weight excluding hydrogens is 443 g/mol. The molecule has 0 radical (unpaired) electrons. The van der Waals surface area contributed by atoms with Crippen molar-refractivity contribution in [2.24, 2.45) is 0 Å². The minimum absolute atomic E-state index is 0.00245. The van der Waals surface area contributed by atoms with E-state index in [1.807, 2.05) is 42.2 Å². The molecule has 3 nitrogen and oxygen atoms in total. The second-order valence-electron chi connectivity index (χ2n) is 8.00. The molecule has 1 fully saturated rings. The summed E-state index contributed by atoms with van der Waals surface area (Å²) >= 11 is 3.57. The lowest BCUT2D eigenvalue weighted by molar-refractivity contribution is -0.136. The number of amides is 1. The fourth-order valence-electron chi connectivity index (χ4n) is 4.02. The normalized spacial score (nSPS) is 15.4. The quantitative estimate of drug-likeness (QED) is 0.415. The van der Waals surface area contributed by atoms with Crippen molar-refractivity contribution in [2.75, 3.05) is 0 Å². The highest BCUT2D eigenvalue weighted by molar-refractivity contribution is 9.10. The molecule has 0 N–H and O–H groups in total. The molecule has 1 amide bonds. The number of carbonyl (C=O) groups is 1. The van der Waals surface area contributed by atoms with Crippen LogP contribution in [0.4, 0.5) is 4.39 Å². The molecule has 4 rings (SSSR count). The second-order valence-corrected chi connectivity index (χ2v) is 8.92. The first-order valence-electron chi connectivity index (χ1n) is 10.2. The van der Waals surface area contributed by atoms with E-state index in [0.29, 0.717) is 13.0 Å². The van der Waals surface area contributed by atoms with Crippen LogP contribution in [-0.4, -0.2) is 15.8 Å². The number of benzene rings is 2. The van der Waals surface area contributed by atoms with E-state index in [9.17, 15) is 9.18 Å². The monoisotopic (exact) mass is 466 g/mol. The van der Waals surface area contributed by atoms with Gasteiger partial charge >= 0.3 is 0 Å². The van der Waals surface area contributed by atoms with E-state index in [1.165, 1.54) is 12.1 Å². The zero-order valence-corrected chi connectivity index (χ0v) is 18.5. The predicted octanol–water partition coefficient (Wildman–Crippen LogP) is 6.19. The first-order valence-corrected chi connectivity index (χ1v) is 11.0.